The van der Waals surface area contributed by atoms with E-state index in [1.807, 2.05) is 17.3 Å². The normalized spacial score (nSPS) is 20.7. The molecule has 7 heteroatoms. The molecule has 4 rings (SSSR count). The third-order valence-electron chi connectivity index (χ3n) is 5.70. The van der Waals surface area contributed by atoms with Crippen LogP contribution in [0.15, 0.2) is 18.6 Å². The molecule has 0 aromatic carbocycles. The molecule has 2 aliphatic heterocycles. The lowest BCUT2D eigenvalue weighted by Crippen LogP contribution is -2.57. The Morgan fingerprint density at radius 3 is 2.78 bits per heavy atom. The van der Waals surface area contributed by atoms with Crippen LogP contribution >= 0.6 is 0 Å². The van der Waals surface area contributed by atoms with Gasteiger partial charge in [0.25, 0.3) is 5.91 Å². The molecule has 0 radical (unpaired) electrons. The van der Waals surface area contributed by atoms with Crippen molar-refractivity contribution in [1.82, 2.24) is 24.3 Å². The Balaban J connectivity index is 1.52. The number of aromatic nitrogens is 3. The van der Waals surface area contributed by atoms with Gasteiger partial charge in [-0.15, -0.1) is 0 Å². The number of fused-ring (bicyclic) bond motifs is 1. The Hall–Kier alpha value is -1.99. The number of morpholine rings is 1. The number of amides is 1. The SMILES string of the molecule is CC(C)Cn1cnc2cc(C(=O)N3CCOC4(CCN(C)CC4)C3)cnc21. The summed E-state index contributed by atoms with van der Waals surface area (Å²) in [4.78, 5) is 26.3. The fourth-order valence-electron chi connectivity index (χ4n) is 4.12. The zero-order valence-corrected chi connectivity index (χ0v) is 16.5. The van der Waals surface area contributed by atoms with Gasteiger partial charge in [-0.2, -0.15) is 0 Å². The topological polar surface area (TPSA) is 63.5 Å². The number of likely N-dealkylation sites (tertiary alicyclic amines) is 1. The number of rotatable bonds is 3. The van der Waals surface area contributed by atoms with Crippen molar-refractivity contribution in [1.29, 1.82) is 0 Å². The van der Waals surface area contributed by atoms with Crippen molar-refractivity contribution in [3.63, 3.8) is 0 Å². The van der Waals surface area contributed by atoms with Gasteiger partial charge in [-0.1, -0.05) is 13.8 Å². The molecule has 0 unspecified atom stereocenters. The van der Waals surface area contributed by atoms with Crippen LogP contribution in [-0.2, 0) is 11.3 Å². The van der Waals surface area contributed by atoms with E-state index in [-0.39, 0.29) is 11.5 Å². The maximum absolute atomic E-state index is 13.1. The summed E-state index contributed by atoms with van der Waals surface area (Å²) in [5.74, 6) is 0.550. The molecule has 0 saturated carbocycles. The highest BCUT2D eigenvalue weighted by atomic mass is 16.5. The highest BCUT2D eigenvalue weighted by Gasteiger charge is 2.40. The number of nitrogens with zero attached hydrogens (tertiary/aromatic N) is 5. The molecule has 2 fully saturated rings. The van der Waals surface area contributed by atoms with E-state index in [9.17, 15) is 4.79 Å². The van der Waals surface area contributed by atoms with Gasteiger partial charge in [0.2, 0.25) is 0 Å². The summed E-state index contributed by atoms with van der Waals surface area (Å²) in [5.41, 5.74) is 2.05. The molecule has 2 saturated heterocycles. The Kier molecular flexibility index (Phi) is 4.90. The third-order valence-corrected chi connectivity index (χ3v) is 5.70. The van der Waals surface area contributed by atoms with Crippen molar-refractivity contribution in [2.45, 2.75) is 38.8 Å². The molecule has 1 spiro atoms. The highest BCUT2D eigenvalue weighted by Crippen LogP contribution is 2.30. The van der Waals surface area contributed by atoms with Crippen molar-refractivity contribution in [2.75, 3.05) is 39.8 Å². The van der Waals surface area contributed by atoms with E-state index in [1.165, 1.54) is 0 Å². The van der Waals surface area contributed by atoms with E-state index in [2.05, 4.69) is 40.3 Å². The predicted molar refractivity (Wildman–Crippen MR) is 104 cm³/mol. The smallest absolute Gasteiger partial charge is 0.255 e. The van der Waals surface area contributed by atoms with Crippen molar-refractivity contribution < 1.29 is 9.53 Å². The standard InChI is InChI=1S/C20H29N5O2/c1-15(2)12-25-14-22-17-10-16(11-21-18(17)25)19(26)24-8-9-27-20(13-24)4-6-23(3)7-5-20/h10-11,14-15H,4-9,12-13H2,1-3H3. The van der Waals surface area contributed by atoms with Gasteiger partial charge in [0.1, 0.15) is 5.52 Å². The quantitative estimate of drug-likeness (QED) is 0.826. The van der Waals surface area contributed by atoms with Crippen molar-refractivity contribution >= 4 is 17.1 Å². The molecule has 2 aromatic rings. The maximum atomic E-state index is 13.1. The van der Waals surface area contributed by atoms with Crippen LogP contribution in [-0.4, -0.2) is 75.7 Å². The number of imidazole rings is 1. The minimum absolute atomic E-state index is 0.0319. The number of carbonyl (C=O) groups is 1. The number of pyridine rings is 1. The molecular formula is C20H29N5O2. The summed E-state index contributed by atoms with van der Waals surface area (Å²) >= 11 is 0. The second-order valence-corrected chi connectivity index (χ2v) is 8.42. The largest absolute Gasteiger partial charge is 0.371 e. The third kappa shape index (κ3) is 3.71. The van der Waals surface area contributed by atoms with Gasteiger partial charge < -0.3 is 19.1 Å². The lowest BCUT2D eigenvalue weighted by Gasteiger charge is -2.46. The molecule has 27 heavy (non-hydrogen) atoms. The van der Waals surface area contributed by atoms with Gasteiger partial charge in [0.05, 0.1) is 30.6 Å². The first-order valence-corrected chi connectivity index (χ1v) is 9.88. The van der Waals surface area contributed by atoms with Crippen LogP contribution in [0.1, 0.15) is 37.0 Å². The first kappa shape index (κ1) is 18.4. The van der Waals surface area contributed by atoms with Gasteiger partial charge in [-0.05, 0) is 31.9 Å². The number of ether oxygens (including phenoxy) is 1. The average molecular weight is 371 g/mol. The lowest BCUT2D eigenvalue weighted by atomic mass is 9.89. The van der Waals surface area contributed by atoms with E-state index < -0.39 is 0 Å². The predicted octanol–water partition coefficient (Wildman–Crippen LogP) is 2.02. The van der Waals surface area contributed by atoms with E-state index in [4.69, 9.17) is 4.74 Å². The first-order chi connectivity index (χ1) is 13.0. The van der Waals surface area contributed by atoms with E-state index in [0.29, 0.717) is 31.2 Å². The maximum Gasteiger partial charge on any atom is 0.255 e. The van der Waals surface area contributed by atoms with Crippen molar-refractivity contribution in [3.05, 3.63) is 24.2 Å². The van der Waals surface area contributed by atoms with Gasteiger partial charge >= 0.3 is 0 Å². The average Bonchev–Trinajstić information content (AvgIpc) is 3.05. The first-order valence-electron chi connectivity index (χ1n) is 9.88. The Morgan fingerprint density at radius 2 is 2.04 bits per heavy atom. The number of hydrogen-bond donors (Lipinski definition) is 0. The van der Waals surface area contributed by atoms with Crippen LogP contribution in [0, 0.1) is 5.92 Å². The number of hydrogen-bond acceptors (Lipinski definition) is 5. The zero-order chi connectivity index (χ0) is 19.0. The Morgan fingerprint density at radius 1 is 1.26 bits per heavy atom. The fraction of sp³-hybridized carbons (Fsp3) is 0.650. The molecule has 2 aromatic heterocycles. The molecule has 0 aliphatic carbocycles. The fourth-order valence-corrected chi connectivity index (χ4v) is 4.12. The summed E-state index contributed by atoms with van der Waals surface area (Å²) in [6.07, 6.45) is 5.46. The summed E-state index contributed by atoms with van der Waals surface area (Å²) < 4.78 is 8.18. The monoisotopic (exact) mass is 371 g/mol. The summed E-state index contributed by atoms with van der Waals surface area (Å²) in [5, 5.41) is 0. The van der Waals surface area contributed by atoms with Crippen LogP contribution in [0.5, 0.6) is 0 Å². The van der Waals surface area contributed by atoms with Crippen LogP contribution in [0.2, 0.25) is 0 Å². The van der Waals surface area contributed by atoms with Gasteiger partial charge in [0.15, 0.2) is 5.65 Å². The van der Waals surface area contributed by atoms with Crippen LogP contribution < -0.4 is 0 Å². The molecule has 4 heterocycles. The zero-order valence-electron chi connectivity index (χ0n) is 16.5. The Bertz CT molecular complexity index is 823. The number of carbonyl (C=O) groups excluding carboxylic acids is 1. The molecular weight excluding hydrogens is 342 g/mol. The summed E-state index contributed by atoms with van der Waals surface area (Å²) in [6, 6.07) is 1.87. The van der Waals surface area contributed by atoms with E-state index in [0.717, 1.165) is 43.6 Å². The van der Waals surface area contributed by atoms with Gasteiger partial charge in [-0.25, -0.2) is 9.97 Å². The van der Waals surface area contributed by atoms with E-state index in [1.54, 1.807) is 6.20 Å². The van der Waals surface area contributed by atoms with Crippen LogP contribution in [0.4, 0.5) is 0 Å². The lowest BCUT2D eigenvalue weighted by molar-refractivity contribution is -0.125. The molecule has 0 bridgehead atoms. The van der Waals surface area contributed by atoms with E-state index >= 15 is 0 Å². The van der Waals surface area contributed by atoms with Crippen LogP contribution in [0.25, 0.3) is 11.2 Å². The van der Waals surface area contributed by atoms with Crippen molar-refractivity contribution in [3.8, 4) is 0 Å². The molecule has 0 atom stereocenters. The minimum atomic E-state index is -0.184. The van der Waals surface area contributed by atoms with Crippen molar-refractivity contribution in [2.24, 2.45) is 5.92 Å². The number of piperidine rings is 1. The minimum Gasteiger partial charge on any atom is -0.371 e. The van der Waals surface area contributed by atoms with Gasteiger partial charge in [0, 0.05) is 32.4 Å². The molecule has 146 valence electrons. The molecule has 2 aliphatic rings. The molecule has 1 amide bonds. The second-order valence-electron chi connectivity index (χ2n) is 8.42. The summed E-state index contributed by atoms with van der Waals surface area (Å²) in [6.45, 7) is 9.15. The molecule has 7 nitrogen and oxygen atoms in total. The summed E-state index contributed by atoms with van der Waals surface area (Å²) in [7, 11) is 2.14. The Labute approximate surface area is 160 Å². The molecule has 0 N–H and O–H groups in total. The van der Waals surface area contributed by atoms with Crippen LogP contribution in [0.3, 0.4) is 0 Å². The van der Waals surface area contributed by atoms with Gasteiger partial charge in [-0.3, -0.25) is 4.79 Å². The second kappa shape index (κ2) is 7.20. The highest BCUT2D eigenvalue weighted by molar-refractivity contribution is 5.96.